The summed E-state index contributed by atoms with van der Waals surface area (Å²) >= 11 is 3.61. The van der Waals surface area contributed by atoms with Crippen molar-refractivity contribution >= 4 is 23.5 Å². The zero-order valence-corrected chi connectivity index (χ0v) is 10.1. The first-order valence-corrected chi connectivity index (χ1v) is 5.91. The smallest absolute Gasteiger partial charge is 0.0109 e. The lowest BCUT2D eigenvalue weighted by Gasteiger charge is -2.03. The van der Waals surface area contributed by atoms with Crippen LogP contribution in [0.4, 0.5) is 0 Å². The number of hydrogen-bond acceptors (Lipinski definition) is 4. The van der Waals surface area contributed by atoms with Gasteiger partial charge in [0.15, 0.2) is 0 Å². The first-order valence-electron chi connectivity index (χ1n) is 3.46. The molecule has 0 saturated heterocycles. The predicted molar refractivity (Wildman–Crippen MR) is 64.8 cm³/mol. The highest BCUT2D eigenvalue weighted by atomic mass is 32.2. The summed E-state index contributed by atoms with van der Waals surface area (Å²) in [5, 5.41) is 0. The molecule has 0 bridgehead atoms. The van der Waals surface area contributed by atoms with Gasteiger partial charge in [-0.25, -0.2) is 0 Å². The van der Waals surface area contributed by atoms with Crippen molar-refractivity contribution in [3.63, 3.8) is 0 Å². The number of hydrogen-bond donors (Lipinski definition) is 2. The SMILES string of the molecule is CSc1ccc(C)c(SC)c1.N.N. The molecule has 0 heterocycles. The molecule has 1 aromatic carbocycles. The van der Waals surface area contributed by atoms with Crippen LogP contribution in [0.1, 0.15) is 5.56 Å². The first-order chi connectivity index (χ1) is 5.27. The van der Waals surface area contributed by atoms with Crippen molar-refractivity contribution in [2.45, 2.75) is 16.7 Å². The Hall–Kier alpha value is -0.160. The lowest BCUT2D eigenvalue weighted by Crippen LogP contribution is -1.78. The maximum absolute atomic E-state index is 2.24. The lowest BCUT2D eigenvalue weighted by molar-refractivity contribution is 1.24. The van der Waals surface area contributed by atoms with Gasteiger partial charge in [-0.2, -0.15) is 0 Å². The van der Waals surface area contributed by atoms with Crippen molar-refractivity contribution in [1.29, 1.82) is 0 Å². The highest BCUT2D eigenvalue weighted by Crippen LogP contribution is 2.25. The number of benzene rings is 1. The van der Waals surface area contributed by atoms with Gasteiger partial charge in [0.1, 0.15) is 0 Å². The highest BCUT2D eigenvalue weighted by molar-refractivity contribution is 7.99. The van der Waals surface area contributed by atoms with Crippen molar-refractivity contribution in [3.8, 4) is 0 Å². The Balaban J connectivity index is 0. The van der Waals surface area contributed by atoms with Gasteiger partial charge < -0.3 is 12.3 Å². The van der Waals surface area contributed by atoms with Gasteiger partial charge in [-0.1, -0.05) is 6.07 Å². The third-order valence-electron chi connectivity index (χ3n) is 1.62. The van der Waals surface area contributed by atoms with Gasteiger partial charge in [0.2, 0.25) is 0 Å². The maximum Gasteiger partial charge on any atom is 0.0109 e. The van der Waals surface area contributed by atoms with Gasteiger partial charge in [0.25, 0.3) is 0 Å². The third kappa shape index (κ3) is 4.04. The van der Waals surface area contributed by atoms with Crippen LogP contribution in [0.25, 0.3) is 0 Å². The van der Waals surface area contributed by atoms with E-state index < -0.39 is 0 Å². The molecular formula is C9H18N2S2. The second-order valence-electron chi connectivity index (χ2n) is 2.34. The minimum Gasteiger partial charge on any atom is -0.344 e. The van der Waals surface area contributed by atoms with Crippen LogP contribution in [-0.2, 0) is 0 Å². The van der Waals surface area contributed by atoms with Crippen molar-refractivity contribution in [2.24, 2.45) is 0 Å². The van der Waals surface area contributed by atoms with Crippen LogP contribution in [-0.4, -0.2) is 12.5 Å². The van der Waals surface area contributed by atoms with Crippen LogP contribution >= 0.6 is 23.5 Å². The molecule has 0 aliphatic rings. The van der Waals surface area contributed by atoms with Crippen LogP contribution in [0, 0.1) is 6.92 Å². The van der Waals surface area contributed by atoms with Gasteiger partial charge in [-0.3, -0.25) is 0 Å². The number of aryl methyl sites for hydroxylation is 1. The van der Waals surface area contributed by atoms with Gasteiger partial charge in [0, 0.05) is 9.79 Å². The second-order valence-corrected chi connectivity index (χ2v) is 4.06. The second kappa shape index (κ2) is 7.26. The normalized spacial score (nSPS) is 8.54. The summed E-state index contributed by atoms with van der Waals surface area (Å²) in [6, 6.07) is 6.59. The Labute approximate surface area is 89.0 Å². The van der Waals surface area contributed by atoms with Crippen LogP contribution in [0.3, 0.4) is 0 Å². The molecule has 1 aromatic rings. The molecule has 2 nitrogen and oxygen atoms in total. The van der Waals surface area contributed by atoms with E-state index in [0.29, 0.717) is 0 Å². The third-order valence-corrected chi connectivity index (χ3v) is 3.22. The monoisotopic (exact) mass is 218 g/mol. The van der Waals surface area contributed by atoms with Gasteiger partial charge in [0.05, 0.1) is 0 Å². The molecule has 0 saturated carbocycles. The summed E-state index contributed by atoms with van der Waals surface area (Å²) in [4.78, 5) is 2.73. The molecule has 13 heavy (non-hydrogen) atoms. The topological polar surface area (TPSA) is 70.0 Å². The Bertz CT molecular complexity index is 251. The Kier molecular flexibility index (Phi) is 8.56. The fourth-order valence-electron chi connectivity index (χ4n) is 0.927. The van der Waals surface area contributed by atoms with Gasteiger partial charge in [-0.05, 0) is 37.1 Å². The minimum atomic E-state index is 0. The van der Waals surface area contributed by atoms with Crippen LogP contribution in [0.5, 0.6) is 0 Å². The van der Waals surface area contributed by atoms with E-state index in [9.17, 15) is 0 Å². The quantitative estimate of drug-likeness (QED) is 0.741. The molecule has 0 aliphatic carbocycles. The van der Waals surface area contributed by atoms with E-state index in [0.717, 1.165) is 0 Å². The minimum absolute atomic E-state index is 0. The molecule has 1 rings (SSSR count). The van der Waals surface area contributed by atoms with E-state index in [2.05, 4.69) is 37.6 Å². The molecule has 0 atom stereocenters. The molecule has 0 aliphatic heterocycles. The predicted octanol–water partition coefficient (Wildman–Crippen LogP) is 3.76. The number of rotatable bonds is 2. The lowest BCUT2D eigenvalue weighted by atomic mass is 10.2. The summed E-state index contributed by atoms with van der Waals surface area (Å²) in [5.41, 5.74) is 1.37. The van der Waals surface area contributed by atoms with Gasteiger partial charge in [-0.15, -0.1) is 23.5 Å². The first kappa shape index (κ1) is 15.3. The van der Waals surface area contributed by atoms with Crippen molar-refractivity contribution < 1.29 is 0 Å². The van der Waals surface area contributed by atoms with Crippen molar-refractivity contribution in [2.75, 3.05) is 12.5 Å². The summed E-state index contributed by atoms with van der Waals surface area (Å²) in [5.74, 6) is 0. The maximum atomic E-state index is 2.24. The zero-order chi connectivity index (χ0) is 8.27. The van der Waals surface area contributed by atoms with E-state index >= 15 is 0 Å². The molecule has 0 aromatic heterocycles. The highest BCUT2D eigenvalue weighted by Gasteiger charge is 1.96. The van der Waals surface area contributed by atoms with Crippen molar-refractivity contribution in [1.82, 2.24) is 12.3 Å². The number of thioether (sulfide) groups is 2. The van der Waals surface area contributed by atoms with E-state index in [1.165, 1.54) is 15.4 Å². The van der Waals surface area contributed by atoms with E-state index in [4.69, 9.17) is 0 Å². The summed E-state index contributed by atoms with van der Waals surface area (Å²) in [6.07, 6.45) is 4.22. The molecule has 0 fully saturated rings. The molecule has 4 heteroatoms. The molecule has 6 N–H and O–H groups in total. The van der Waals surface area contributed by atoms with E-state index in [1.807, 2.05) is 11.8 Å². The molecule has 0 spiro atoms. The van der Waals surface area contributed by atoms with Crippen LogP contribution in [0.15, 0.2) is 28.0 Å². The molecule has 0 radical (unpaired) electrons. The van der Waals surface area contributed by atoms with Crippen molar-refractivity contribution in [3.05, 3.63) is 23.8 Å². The fourth-order valence-corrected chi connectivity index (χ4v) is 2.08. The zero-order valence-electron chi connectivity index (χ0n) is 8.46. The summed E-state index contributed by atoms with van der Waals surface area (Å²) in [6.45, 7) is 2.15. The Morgan fingerprint density at radius 2 is 1.62 bits per heavy atom. The van der Waals surface area contributed by atoms with Gasteiger partial charge >= 0.3 is 0 Å². The fraction of sp³-hybridized carbons (Fsp3) is 0.333. The largest absolute Gasteiger partial charge is 0.344 e. The molecule has 0 amide bonds. The van der Waals surface area contributed by atoms with E-state index in [-0.39, 0.29) is 12.3 Å². The standard InChI is InChI=1S/C9H12S2.2H3N/c1-7-4-5-8(10-2)6-9(7)11-3;;/h4-6H,1-3H3;2*1H3. The molecular weight excluding hydrogens is 200 g/mol. The average molecular weight is 218 g/mol. The summed E-state index contributed by atoms with van der Waals surface area (Å²) in [7, 11) is 0. The Morgan fingerprint density at radius 1 is 1.00 bits per heavy atom. The average Bonchev–Trinajstić information content (AvgIpc) is 2.05. The van der Waals surface area contributed by atoms with Crippen LogP contribution < -0.4 is 12.3 Å². The summed E-state index contributed by atoms with van der Waals surface area (Å²) < 4.78 is 0. The molecule has 76 valence electrons. The molecule has 0 unspecified atom stereocenters. The van der Waals surface area contributed by atoms with Crippen LogP contribution in [0.2, 0.25) is 0 Å². The Morgan fingerprint density at radius 3 is 2.08 bits per heavy atom. The van der Waals surface area contributed by atoms with E-state index in [1.54, 1.807) is 11.8 Å².